The van der Waals surface area contributed by atoms with Gasteiger partial charge in [0.15, 0.2) is 0 Å². The molecule has 0 aromatic rings. The van der Waals surface area contributed by atoms with Crippen LogP contribution in [-0.2, 0) is 0 Å². The van der Waals surface area contributed by atoms with E-state index in [1.165, 1.54) is 51.7 Å². The first kappa shape index (κ1) is 16.0. The zero-order valence-electron chi connectivity index (χ0n) is 13.0. The monoisotopic (exact) mass is 254 g/mol. The number of hydrogen-bond acceptors (Lipinski definition) is 2. The second-order valence-electron chi connectivity index (χ2n) is 6.50. The highest BCUT2D eigenvalue weighted by molar-refractivity contribution is 4.77. The Labute approximate surface area is 115 Å². The molecule has 0 aromatic heterocycles. The topological polar surface area (TPSA) is 15.3 Å². The van der Waals surface area contributed by atoms with Crippen molar-refractivity contribution in [3.8, 4) is 0 Å². The number of rotatable bonds is 8. The highest BCUT2D eigenvalue weighted by atomic mass is 15.2. The van der Waals surface area contributed by atoms with Crippen molar-refractivity contribution >= 4 is 0 Å². The lowest BCUT2D eigenvalue weighted by molar-refractivity contribution is 0.135. The predicted molar refractivity (Wildman–Crippen MR) is 81.0 cm³/mol. The van der Waals surface area contributed by atoms with Crippen LogP contribution in [0.2, 0.25) is 0 Å². The third kappa shape index (κ3) is 6.19. The number of nitrogens with zero attached hydrogens (tertiary/aromatic N) is 1. The lowest BCUT2D eigenvalue weighted by Gasteiger charge is -2.36. The summed E-state index contributed by atoms with van der Waals surface area (Å²) in [7, 11) is 0. The summed E-state index contributed by atoms with van der Waals surface area (Å²) in [6, 6.07) is 0.708. The van der Waals surface area contributed by atoms with Crippen molar-refractivity contribution in [2.24, 2.45) is 11.8 Å². The molecule has 2 heteroatoms. The fraction of sp³-hybridized carbons (Fsp3) is 1.00. The molecule has 0 aliphatic carbocycles. The zero-order chi connectivity index (χ0) is 13.4. The summed E-state index contributed by atoms with van der Waals surface area (Å²) in [6.45, 7) is 14.2. The Balaban J connectivity index is 2.10. The summed E-state index contributed by atoms with van der Waals surface area (Å²) < 4.78 is 0. The third-order valence-corrected chi connectivity index (χ3v) is 4.31. The maximum absolute atomic E-state index is 3.61. The van der Waals surface area contributed by atoms with Gasteiger partial charge in [-0.25, -0.2) is 0 Å². The van der Waals surface area contributed by atoms with E-state index in [2.05, 4.69) is 37.9 Å². The van der Waals surface area contributed by atoms with Crippen LogP contribution >= 0.6 is 0 Å². The molecule has 108 valence electrons. The van der Waals surface area contributed by atoms with E-state index in [1.54, 1.807) is 0 Å². The Hall–Kier alpha value is -0.0800. The van der Waals surface area contributed by atoms with Crippen molar-refractivity contribution in [1.82, 2.24) is 10.2 Å². The Morgan fingerprint density at radius 3 is 2.39 bits per heavy atom. The van der Waals surface area contributed by atoms with Crippen molar-refractivity contribution in [3.63, 3.8) is 0 Å². The number of nitrogens with one attached hydrogen (secondary N) is 1. The molecule has 1 aliphatic rings. The minimum absolute atomic E-state index is 0.708. The van der Waals surface area contributed by atoms with Crippen LogP contribution < -0.4 is 5.32 Å². The van der Waals surface area contributed by atoms with Crippen LogP contribution in [-0.4, -0.2) is 37.1 Å². The maximum Gasteiger partial charge on any atom is 0.0192 e. The molecule has 1 saturated heterocycles. The van der Waals surface area contributed by atoms with E-state index in [-0.39, 0.29) is 0 Å². The molecule has 2 nitrogen and oxygen atoms in total. The molecule has 0 bridgehead atoms. The fourth-order valence-electron chi connectivity index (χ4n) is 2.92. The summed E-state index contributed by atoms with van der Waals surface area (Å²) in [5, 5.41) is 3.61. The highest BCUT2D eigenvalue weighted by Crippen LogP contribution is 2.22. The van der Waals surface area contributed by atoms with E-state index in [1.807, 2.05) is 0 Å². The highest BCUT2D eigenvalue weighted by Gasteiger charge is 2.21. The normalized spacial score (nSPS) is 20.5. The van der Waals surface area contributed by atoms with Crippen LogP contribution in [0.4, 0.5) is 0 Å². The van der Waals surface area contributed by atoms with Gasteiger partial charge in [-0.3, -0.25) is 4.90 Å². The van der Waals surface area contributed by atoms with Gasteiger partial charge >= 0.3 is 0 Å². The lowest BCUT2D eigenvalue weighted by atomic mass is 9.92. The molecule has 1 heterocycles. The Bertz CT molecular complexity index is 195. The molecule has 0 saturated carbocycles. The molecule has 1 rings (SSSR count). The third-order valence-electron chi connectivity index (χ3n) is 4.31. The second kappa shape index (κ2) is 8.92. The minimum Gasteiger partial charge on any atom is -0.315 e. The lowest BCUT2D eigenvalue weighted by Crippen LogP contribution is -2.44. The van der Waals surface area contributed by atoms with E-state index in [0.717, 1.165) is 18.4 Å². The molecule has 1 unspecified atom stereocenters. The van der Waals surface area contributed by atoms with Crippen molar-refractivity contribution < 1.29 is 0 Å². The van der Waals surface area contributed by atoms with Gasteiger partial charge in [-0.15, -0.1) is 0 Å². The van der Waals surface area contributed by atoms with Crippen LogP contribution in [0.15, 0.2) is 0 Å². The molecule has 1 aliphatic heterocycles. The van der Waals surface area contributed by atoms with Gasteiger partial charge in [0.1, 0.15) is 0 Å². The molecular weight excluding hydrogens is 220 g/mol. The quantitative estimate of drug-likeness (QED) is 0.667. The summed E-state index contributed by atoms with van der Waals surface area (Å²) >= 11 is 0. The molecule has 0 spiro atoms. The zero-order valence-corrected chi connectivity index (χ0v) is 13.0. The van der Waals surface area contributed by atoms with Gasteiger partial charge in [-0.2, -0.15) is 0 Å². The molecule has 0 amide bonds. The Morgan fingerprint density at radius 1 is 1.17 bits per heavy atom. The van der Waals surface area contributed by atoms with E-state index >= 15 is 0 Å². The average molecular weight is 254 g/mol. The van der Waals surface area contributed by atoms with Crippen LogP contribution in [0.3, 0.4) is 0 Å². The van der Waals surface area contributed by atoms with E-state index < -0.39 is 0 Å². The van der Waals surface area contributed by atoms with E-state index in [0.29, 0.717) is 6.04 Å². The van der Waals surface area contributed by atoms with Gasteiger partial charge in [0.2, 0.25) is 0 Å². The summed E-state index contributed by atoms with van der Waals surface area (Å²) in [5.74, 6) is 1.82. The molecule has 18 heavy (non-hydrogen) atoms. The Morgan fingerprint density at radius 2 is 1.83 bits per heavy atom. The molecule has 0 aromatic carbocycles. The Kier molecular flexibility index (Phi) is 7.92. The minimum atomic E-state index is 0.708. The first-order valence-corrected chi connectivity index (χ1v) is 8.08. The van der Waals surface area contributed by atoms with Gasteiger partial charge < -0.3 is 5.32 Å². The standard InChI is InChI=1S/C16H34N2/c1-5-6-16-8-11-18(12-9-16)15(4)13-17-10-7-14(2)3/h14-17H,5-13H2,1-4H3. The fourth-order valence-corrected chi connectivity index (χ4v) is 2.92. The maximum atomic E-state index is 3.61. The summed E-state index contributed by atoms with van der Waals surface area (Å²) in [5.41, 5.74) is 0. The van der Waals surface area contributed by atoms with Gasteiger partial charge in [0.05, 0.1) is 0 Å². The average Bonchev–Trinajstić information content (AvgIpc) is 2.35. The molecule has 1 N–H and O–H groups in total. The van der Waals surface area contributed by atoms with E-state index in [9.17, 15) is 0 Å². The van der Waals surface area contributed by atoms with Crippen LogP contribution in [0.25, 0.3) is 0 Å². The first-order chi connectivity index (χ1) is 8.63. The van der Waals surface area contributed by atoms with Crippen molar-refractivity contribution in [3.05, 3.63) is 0 Å². The van der Waals surface area contributed by atoms with Gasteiger partial charge in [-0.05, 0) is 57.7 Å². The molecule has 1 atom stereocenters. The largest absolute Gasteiger partial charge is 0.315 e. The van der Waals surface area contributed by atoms with Crippen LogP contribution in [0.5, 0.6) is 0 Å². The summed E-state index contributed by atoms with van der Waals surface area (Å²) in [4.78, 5) is 2.68. The van der Waals surface area contributed by atoms with Crippen molar-refractivity contribution in [1.29, 1.82) is 0 Å². The number of hydrogen-bond donors (Lipinski definition) is 1. The van der Waals surface area contributed by atoms with Crippen LogP contribution in [0, 0.1) is 11.8 Å². The SMILES string of the molecule is CCCC1CCN(C(C)CNCCC(C)C)CC1. The molecule has 0 radical (unpaired) electrons. The van der Waals surface area contributed by atoms with E-state index in [4.69, 9.17) is 0 Å². The molecule has 1 fully saturated rings. The number of likely N-dealkylation sites (tertiary alicyclic amines) is 1. The molecular formula is C16H34N2. The first-order valence-electron chi connectivity index (χ1n) is 8.08. The van der Waals surface area contributed by atoms with Gasteiger partial charge in [0, 0.05) is 12.6 Å². The van der Waals surface area contributed by atoms with Crippen LogP contribution in [0.1, 0.15) is 59.8 Å². The second-order valence-corrected chi connectivity index (χ2v) is 6.50. The summed E-state index contributed by atoms with van der Waals surface area (Å²) in [6.07, 6.45) is 6.94. The predicted octanol–water partition coefficient (Wildman–Crippen LogP) is 3.52. The van der Waals surface area contributed by atoms with Crippen molar-refractivity contribution in [2.45, 2.75) is 65.8 Å². The number of piperidine rings is 1. The van der Waals surface area contributed by atoms with Gasteiger partial charge in [0.25, 0.3) is 0 Å². The smallest absolute Gasteiger partial charge is 0.0192 e. The van der Waals surface area contributed by atoms with Crippen molar-refractivity contribution in [2.75, 3.05) is 26.2 Å². The van der Waals surface area contributed by atoms with Gasteiger partial charge in [-0.1, -0.05) is 33.6 Å².